The highest BCUT2D eigenvalue weighted by molar-refractivity contribution is 6.04. The average molecular weight is 330 g/mol. The van der Waals surface area contributed by atoms with Crippen LogP contribution in [0.3, 0.4) is 0 Å². The van der Waals surface area contributed by atoms with Crippen LogP contribution in [0, 0.1) is 0 Å². The van der Waals surface area contributed by atoms with Crippen LogP contribution >= 0.6 is 0 Å². The van der Waals surface area contributed by atoms with E-state index < -0.39 is 11.9 Å². The molecule has 0 aliphatic carbocycles. The van der Waals surface area contributed by atoms with Crippen LogP contribution in [0.2, 0.25) is 0 Å². The lowest BCUT2D eigenvalue weighted by molar-refractivity contribution is 0.0963. The first-order valence-corrected chi connectivity index (χ1v) is 8.01. The maximum absolute atomic E-state index is 12.3. The van der Waals surface area contributed by atoms with Crippen LogP contribution in [0.15, 0.2) is 91.0 Å². The van der Waals surface area contributed by atoms with E-state index in [4.69, 9.17) is 0 Å². The minimum Gasteiger partial charge on any atom is -0.327 e. The van der Waals surface area contributed by atoms with Gasteiger partial charge >= 0.3 is 6.03 Å². The van der Waals surface area contributed by atoms with Gasteiger partial charge in [-0.25, -0.2) is 4.79 Å². The molecular formula is C21H18N2O2. The van der Waals surface area contributed by atoms with Gasteiger partial charge in [-0.3, -0.25) is 10.1 Å². The molecule has 0 aliphatic rings. The van der Waals surface area contributed by atoms with Crippen molar-refractivity contribution in [3.63, 3.8) is 0 Å². The van der Waals surface area contributed by atoms with E-state index in [1.807, 2.05) is 66.7 Å². The van der Waals surface area contributed by atoms with E-state index in [1.165, 1.54) is 0 Å². The second-order valence-electron chi connectivity index (χ2n) is 5.55. The number of urea groups is 1. The van der Waals surface area contributed by atoms with Gasteiger partial charge in [0.05, 0.1) is 6.04 Å². The molecular weight excluding hydrogens is 312 g/mol. The number of carbonyl (C=O) groups excluding carboxylic acids is 2. The van der Waals surface area contributed by atoms with E-state index in [1.54, 1.807) is 24.3 Å². The Balaban J connectivity index is 1.76. The standard InChI is InChI=1S/C21H18N2O2/c24-20(18-14-8-3-9-15-18)23-21(25)22-19(16-10-4-1-5-11-16)17-12-6-2-7-13-17/h1-15,19H,(H2,22,23,24,25). The zero-order chi connectivity index (χ0) is 17.5. The van der Waals surface area contributed by atoms with Crippen molar-refractivity contribution >= 4 is 11.9 Å². The molecule has 2 N–H and O–H groups in total. The van der Waals surface area contributed by atoms with Gasteiger partial charge in [0.25, 0.3) is 5.91 Å². The molecule has 3 aromatic rings. The molecule has 4 heteroatoms. The zero-order valence-corrected chi connectivity index (χ0v) is 13.6. The lowest BCUT2D eigenvalue weighted by atomic mass is 9.99. The molecule has 3 rings (SSSR count). The molecule has 3 aromatic carbocycles. The van der Waals surface area contributed by atoms with Crippen LogP contribution in [0.4, 0.5) is 4.79 Å². The van der Waals surface area contributed by atoms with E-state index in [-0.39, 0.29) is 6.04 Å². The highest BCUT2D eigenvalue weighted by atomic mass is 16.2. The number of benzene rings is 3. The summed E-state index contributed by atoms with van der Waals surface area (Å²) in [6, 6.07) is 27.0. The zero-order valence-electron chi connectivity index (χ0n) is 13.6. The molecule has 0 bridgehead atoms. The number of rotatable bonds is 4. The topological polar surface area (TPSA) is 58.2 Å². The monoisotopic (exact) mass is 330 g/mol. The molecule has 3 amide bonds. The third-order valence-electron chi connectivity index (χ3n) is 3.80. The molecule has 0 saturated heterocycles. The minimum atomic E-state index is -0.536. The normalized spacial score (nSPS) is 10.3. The Hall–Kier alpha value is -3.40. The van der Waals surface area contributed by atoms with Crippen LogP contribution in [-0.2, 0) is 0 Å². The number of hydrogen-bond donors (Lipinski definition) is 2. The fraction of sp³-hybridized carbons (Fsp3) is 0.0476. The molecule has 0 aromatic heterocycles. The molecule has 25 heavy (non-hydrogen) atoms. The van der Waals surface area contributed by atoms with Gasteiger partial charge in [0.1, 0.15) is 0 Å². The van der Waals surface area contributed by atoms with Gasteiger partial charge in [-0.1, -0.05) is 78.9 Å². The third-order valence-corrected chi connectivity index (χ3v) is 3.80. The summed E-state index contributed by atoms with van der Waals surface area (Å²) in [4.78, 5) is 24.5. The average Bonchev–Trinajstić information content (AvgIpc) is 2.68. The van der Waals surface area contributed by atoms with Crippen LogP contribution in [-0.4, -0.2) is 11.9 Å². The quantitative estimate of drug-likeness (QED) is 0.762. The summed E-state index contributed by atoms with van der Waals surface area (Å²) >= 11 is 0. The number of carbonyl (C=O) groups is 2. The van der Waals surface area contributed by atoms with Crippen molar-refractivity contribution in [1.82, 2.24) is 10.6 Å². The van der Waals surface area contributed by atoms with Crippen molar-refractivity contribution < 1.29 is 9.59 Å². The molecule has 4 nitrogen and oxygen atoms in total. The van der Waals surface area contributed by atoms with Gasteiger partial charge in [0.15, 0.2) is 0 Å². The van der Waals surface area contributed by atoms with Crippen molar-refractivity contribution in [2.45, 2.75) is 6.04 Å². The van der Waals surface area contributed by atoms with Gasteiger partial charge in [-0.05, 0) is 23.3 Å². The van der Waals surface area contributed by atoms with Crippen LogP contribution in [0.1, 0.15) is 27.5 Å². The summed E-state index contributed by atoms with van der Waals surface area (Å²) in [6.45, 7) is 0. The fourth-order valence-corrected chi connectivity index (χ4v) is 2.58. The molecule has 0 fully saturated rings. The lowest BCUT2D eigenvalue weighted by Crippen LogP contribution is -2.41. The minimum absolute atomic E-state index is 0.342. The Kier molecular flexibility index (Phi) is 5.22. The van der Waals surface area contributed by atoms with Gasteiger partial charge in [-0.15, -0.1) is 0 Å². The first kappa shape index (κ1) is 16.5. The van der Waals surface area contributed by atoms with Crippen molar-refractivity contribution in [1.29, 1.82) is 0 Å². The van der Waals surface area contributed by atoms with Gasteiger partial charge in [-0.2, -0.15) is 0 Å². The van der Waals surface area contributed by atoms with Crippen molar-refractivity contribution in [3.8, 4) is 0 Å². The summed E-state index contributed by atoms with van der Waals surface area (Å²) in [5.41, 5.74) is 2.32. The summed E-state index contributed by atoms with van der Waals surface area (Å²) in [5, 5.41) is 5.26. The first-order chi connectivity index (χ1) is 12.2. The Bertz CT molecular complexity index is 794. The van der Waals surface area contributed by atoms with Gasteiger partial charge in [0, 0.05) is 5.56 Å². The molecule has 0 aliphatic heterocycles. The molecule has 0 saturated carbocycles. The number of nitrogens with one attached hydrogen (secondary N) is 2. The van der Waals surface area contributed by atoms with E-state index in [2.05, 4.69) is 10.6 Å². The molecule has 0 radical (unpaired) electrons. The Labute approximate surface area is 146 Å². The van der Waals surface area contributed by atoms with Crippen molar-refractivity contribution in [2.75, 3.05) is 0 Å². The Morgan fingerprint density at radius 3 is 1.56 bits per heavy atom. The predicted molar refractivity (Wildman–Crippen MR) is 97.2 cm³/mol. The second kappa shape index (κ2) is 7.93. The lowest BCUT2D eigenvalue weighted by Gasteiger charge is -2.20. The van der Waals surface area contributed by atoms with E-state index in [0.29, 0.717) is 5.56 Å². The Morgan fingerprint density at radius 2 is 1.08 bits per heavy atom. The smallest absolute Gasteiger partial charge is 0.322 e. The van der Waals surface area contributed by atoms with Crippen LogP contribution in [0.25, 0.3) is 0 Å². The summed E-state index contributed by atoms with van der Waals surface area (Å²) in [5.74, 6) is -0.432. The van der Waals surface area contributed by atoms with Crippen molar-refractivity contribution in [3.05, 3.63) is 108 Å². The number of amides is 3. The highest BCUT2D eigenvalue weighted by Gasteiger charge is 2.18. The van der Waals surface area contributed by atoms with Crippen LogP contribution < -0.4 is 10.6 Å². The first-order valence-electron chi connectivity index (χ1n) is 8.01. The summed E-state index contributed by atoms with van der Waals surface area (Å²) < 4.78 is 0. The molecule has 0 spiro atoms. The number of hydrogen-bond acceptors (Lipinski definition) is 2. The summed E-state index contributed by atoms with van der Waals surface area (Å²) in [6.07, 6.45) is 0. The number of imide groups is 1. The third kappa shape index (κ3) is 4.32. The second-order valence-corrected chi connectivity index (χ2v) is 5.55. The SMILES string of the molecule is O=C(NC(=O)c1ccccc1)NC(c1ccccc1)c1ccccc1. The predicted octanol–water partition coefficient (Wildman–Crippen LogP) is 3.92. The van der Waals surface area contributed by atoms with E-state index >= 15 is 0 Å². The van der Waals surface area contributed by atoms with E-state index in [0.717, 1.165) is 11.1 Å². The maximum atomic E-state index is 12.3. The largest absolute Gasteiger partial charge is 0.327 e. The summed E-state index contributed by atoms with van der Waals surface area (Å²) in [7, 11) is 0. The van der Waals surface area contributed by atoms with Crippen molar-refractivity contribution in [2.24, 2.45) is 0 Å². The molecule has 0 atom stereocenters. The fourth-order valence-electron chi connectivity index (χ4n) is 2.58. The maximum Gasteiger partial charge on any atom is 0.322 e. The molecule has 0 unspecified atom stereocenters. The highest BCUT2D eigenvalue weighted by Crippen LogP contribution is 2.21. The molecule has 0 heterocycles. The van der Waals surface area contributed by atoms with Crippen LogP contribution in [0.5, 0.6) is 0 Å². The van der Waals surface area contributed by atoms with Gasteiger partial charge in [0.2, 0.25) is 0 Å². The Morgan fingerprint density at radius 1 is 0.640 bits per heavy atom. The molecule has 124 valence electrons. The van der Waals surface area contributed by atoms with E-state index in [9.17, 15) is 9.59 Å². The van der Waals surface area contributed by atoms with Gasteiger partial charge < -0.3 is 5.32 Å².